The van der Waals surface area contributed by atoms with Gasteiger partial charge in [0.15, 0.2) is 23.3 Å². The van der Waals surface area contributed by atoms with Gasteiger partial charge in [-0.3, -0.25) is 0 Å². The van der Waals surface area contributed by atoms with E-state index < -0.39 is 23.3 Å². The van der Waals surface area contributed by atoms with Gasteiger partial charge in [0.1, 0.15) is 0 Å². The van der Waals surface area contributed by atoms with Crippen molar-refractivity contribution in [3.63, 3.8) is 0 Å². The van der Waals surface area contributed by atoms with Gasteiger partial charge in [0.2, 0.25) is 0 Å². The second kappa shape index (κ2) is 8.91. The van der Waals surface area contributed by atoms with Gasteiger partial charge in [-0.1, -0.05) is 56.5 Å². The maximum atomic E-state index is 14.7. The average Bonchev–Trinajstić information content (AvgIpc) is 2.70. The molecule has 1 heterocycles. The molecular formula is C23H24F4O. The number of ether oxygens (including phenoxy) is 1. The van der Waals surface area contributed by atoms with E-state index >= 15 is 0 Å². The Morgan fingerprint density at radius 2 is 1.46 bits per heavy atom. The molecule has 0 saturated heterocycles. The summed E-state index contributed by atoms with van der Waals surface area (Å²) in [6.45, 7) is 3.75. The fourth-order valence-corrected chi connectivity index (χ4v) is 3.48. The first kappa shape index (κ1) is 20.6. The Hall–Kier alpha value is -2.14. The van der Waals surface area contributed by atoms with Crippen LogP contribution in [0, 0.1) is 30.2 Å². The largest absolute Gasteiger partial charge is 0.373 e. The van der Waals surface area contributed by atoms with Gasteiger partial charge in [-0.25, -0.2) is 17.6 Å². The van der Waals surface area contributed by atoms with Crippen LogP contribution in [0.3, 0.4) is 0 Å². The lowest BCUT2D eigenvalue weighted by Gasteiger charge is -2.23. The first-order valence-electron chi connectivity index (χ1n) is 9.68. The minimum Gasteiger partial charge on any atom is -0.373 e. The summed E-state index contributed by atoms with van der Waals surface area (Å²) in [6.07, 6.45) is 6.95. The number of aryl methyl sites for hydroxylation is 1. The first-order chi connectivity index (χ1) is 13.4. The van der Waals surface area contributed by atoms with Crippen molar-refractivity contribution in [3.05, 3.63) is 64.7 Å². The van der Waals surface area contributed by atoms with Crippen LogP contribution in [-0.2, 0) is 4.74 Å². The summed E-state index contributed by atoms with van der Waals surface area (Å²) in [7, 11) is 0. The van der Waals surface area contributed by atoms with Crippen LogP contribution in [0.5, 0.6) is 0 Å². The van der Waals surface area contributed by atoms with Crippen LogP contribution < -0.4 is 0 Å². The number of unbranched alkanes of at least 4 members (excludes halogenated alkanes) is 2. The van der Waals surface area contributed by atoms with Crippen molar-refractivity contribution in [1.29, 1.82) is 0 Å². The highest BCUT2D eigenvalue weighted by molar-refractivity contribution is 5.73. The van der Waals surface area contributed by atoms with E-state index in [1.165, 1.54) is 31.2 Å². The van der Waals surface area contributed by atoms with Crippen molar-refractivity contribution in [1.82, 2.24) is 0 Å². The zero-order chi connectivity index (χ0) is 20.3. The summed E-state index contributed by atoms with van der Waals surface area (Å²) in [5.74, 6) is -4.50. The van der Waals surface area contributed by atoms with Crippen LogP contribution in [0.4, 0.5) is 17.6 Å². The van der Waals surface area contributed by atoms with Gasteiger partial charge < -0.3 is 4.74 Å². The molecule has 2 aromatic carbocycles. The van der Waals surface area contributed by atoms with Gasteiger partial charge in [0.05, 0.1) is 12.7 Å². The molecule has 0 fully saturated rings. The predicted octanol–water partition coefficient (Wildman–Crippen LogP) is 6.97. The van der Waals surface area contributed by atoms with E-state index in [1.54, 1.807) is 0 Å². The van der Waals surface area contributed by atoms with Crippen LogP contribution >= 0.6 is 0 Å². The molecule has 0 bridgehead atoms. The first-order valence-corrected chi connectivity index (χ1v) is 9.68. The molecule has 0 amide bonds. The van der Waals surface area contributed by atoms with E-state index in [0.29, 0.717) is 12.0 Å². The zero-order valence-electron chi connectivity index (χ0n) is 16.1. The molecule has 0 N–H and O–H groups in total. The van der Waals surface area contributed by atoms with E-state index in [0.717, 1.165) is 25.7 Å². The normalized spacial score (nSPS) is 16.9. The molecule has 1 unspecified atom stereocenters. The molecule has 2 aromatic rings. The third kappa shape index (κ3) is 4.14. The fraction of sp³-hybridized carbons (Fsp3) is 0.391. The molecule has 1 atom stereocenters. The molecule has 0 saturated carbocycles. The van der Waals surface area contributed by atoms with Crippen molar-refractivity contribution in [2.24, 2.45) is 0 Å². The highest BCUT2D eigenvalue weighted by Gasteiger charge is 2.23. The van der Waals surface area contributed by atoms with Crippen molar-refractivity contribution in [2.45, 2.75) is 52.1 Å². The molecular weight excluding hydrogens is 368 g/mol. The van der Waals surface area contributed by atoms with Crippen LogP contribution in [0.1, 0.15) is 50.2 Å². The van der Waals surface area contributed by atoms with Crippen molar-refractivity contribution in [2.75, 3.05) is 6.61 Å². The Labute approximate surface area is 163 Å². The lowest BCUT2D eigenvalue weighted by Crippen LogP contribution is -2.18. The second-order valence-corrected chi connectivity index (χ2v) is 7.24. The molecule has 1 aliphatic rings. The Morgan fingerprint density at radius 3 is 2.11 bits per heavy atom. The van der Waals surface area contributed by atoms with Crippen molar-refractivity contribution < 1.29 is 22.3 Å². The molecule has 0 aromatic heterocycles. The minimum absolute atomic E-state index is 0.0984. The maximum Gasteiger partial charge on any atom is 0.167 e. The zero-order valence-corrected chi connectivity index (χ0v) is 16.1. The summed E-state index contributed by atoms with van der Waals surface area (Å²) in [5, 5.41) is 0. The Kier molecular flexibility index (Phi) is 6.55. The van der Waals surface area contributed by atoms with E-state index in [2.05, 4.69) is 6.92 Å². The van der Waals surface area contributed by atoms with E-state index in [1.807, 2.05) is 6.08 Å². The van der Waals surface area contributed by atoms with E-state index in [-0.39, 0.29) is 35.0 Å². The number of hydrogen-bond donors (Lipinski definition) is 0. The van der Waals surface area contributed by atoms with Crippen LogP contribution in [0.2, 0.25) is 0 Å². The molecule has 150 valence electrons. The molecule has 3 rings (SSSR count). The highest BCUT2D eigenvalue weighted by atomic mass is 19.2. The summed E-state index contributed by atoms with van der Waals surface area (Å²) in [5.41, 5.74) is 0.187. The summed E-state index contributed by atoms with van der Waals surface area (Å²) >= 11 is 0. The van der Waals surface area contributed by atoms with E-state index in [9.17, 15) is 17.6 Å². The van der Waals surface area contributed by atoms with Crippen molar-refractivity contribution >= 4 is 5.57 Å². The topological polar surface area (TPSA) is 9.23 Å². The molecule has 1 aliphatic heterocycles. The Balaban J connectivity index is 1.85. The smallest absolute Gasteiger partial charge is 0.167 e. The number of benzene rings is 2. The molecule has 0 radical (unpaired) electrons. The monoisotopic (exact) mass is 392 g/mol. The van der Waals surface area contributed by atoms with E-state index in [4.69, 9.17) is 4.74 Å². The SMILES string of the molecule is CCCCCC1CC=C(c2ccc(-c3ccc(C)c(F)c3F)c(F)c2F)CO1. The molecule has 0 aliphatic carbocycles. The van der Waals surface area contributed by atoms with Crippen LogP contribution in [0.25, 0.3) is 16.7 Å². The van der Waals surface area contributed by atoms with Gasteiger partial charge in [0, 0.05) is 16.7 Å². The molecule has 5 heteroatoms. The van der Waals surface area contributed by atoms with Gasteiger partial charge in [-0.15, -0.1) is 0 Å². The third-order valence-corrected chi connectivity index (χ3v) is 5.23. The van der Waals surface area contributed by atoms with Gasteiger partial charge >= 0.3 is 0 Å². The Bertz CT molecular complexity index is 889. The summed E-state index contributed by atoms with van der Waals surface area (Å²) in [6, 6.07) is 5.29. The lowest BCUT2D eigenvalue weighted by atomic mass is 9.95. The Morgan fingerprint density at radius 1 is 0.857 bits per heavy atom. The lowest BCUT2D eigenvalue weighted by molar-refractivity contribution is 0.0645. The molecule has 0 spiro atoms. The number of hydrogen-bond acceptors (Lipinski definition) is 1. The molecule has 28 heavy (non-hydrogen) atoms. The third-order valence-electron chi connectivity index (χ3n) is 5.23. The standard InChI is InChI=1S/C23H24F4O/c1-3-4-5-6-16-9-8-15(13-28-16)17-11-12-19(23(27)21(17)25)18-10-7-14(2)20(24)22(18)26/h7-8,10-12,16H,3-6,9,13H2,1-2H3. The number of halogens is 4. The average molecular weight is 392 g/mol. The molecule has 1 nitrogen and oxygen atoms in total. The van der Waals surface area contributed by atoms with Crippen molar-refractivity contribution in [3.8, 4) is 11.1 Å². The second-order valence-electron chi connectivity index (χ2n) is 7.24. The summed E-state index contributed by atoms with van der Waals surface area (Å²) < 4.78 is 63.1. The quantitative estimate of drug-likeness (QED) is 0.381. The van der Waals surface area contributed by atoms with Crippen LogP contribution in [-0.4, -0.2) is 12.7 Å². The fourth-order valence-electron chi connectivity index (χ4n) is 3.48. The maximum absolute atomic E-state index is 14.7. The van der Waals surface area contributed by atoms with Crippen LogP contribution in [0.15, 0.2) is 30.3 Å². The summed E-state index contributed by atoms with van der Waals surface area (Å²) in [4.78, 5) is 0. The predicted molar refractivity (Wildman–Crippen MR) is 103 cm³/mol. The minimum atomic E-state index is -1.19. The highest BCUT2D eigenvalue weighted by Crippen LogP contribution is 2.33. The van der Waals surface area contributed by atoms with Gasteiger partial charge in [-0.05, 0) is 30.9 Å². The van der Waals surface area contributed by atoms with Gasteiger partial charge in [0.25, 0.3) is 0 Å². The van der Waals surface area contributed by atoms with Gasteiger partial charge in [-0.2, -0.15) is 0 Å². The number of rotatable bonds is 6.